The molecular weight excluding hydrogens is 744 g/mol. The lowest BCUT2D eigenvalue weighted by Gasteiger charge is -2.48. The zero-order valence-corrected chi connectivity index (χ0v) is 40.2. The van der Waals surface area contributed by atoms with Crippen LogP contribution in [0, 0.1) is 39.9 Å². The van der Waals surface area contributed by atoms with E-state index in [1.807, 2.05) is 61.3 Å². The molecule has 3 aromatic carbocycles. The van der Waals surface area contributed by atoms with Crippen molar-refractivity contribution in [2.75, 3.05) is 6.61 Å². The number of aryl methyl sites for hydroxylation is 2. The molecule has 0 radical (unpaired) electrons. The van der Waals surface area contributed by atoms with Gasteiger partial charge < -0.3 is 4.74 Å². The Morgan fingerprint density at radius 3 is 2.00 bits per heavy atom. The second-order valence-electron chi connectivity index (χ2n) is 21.7. The van der Waals surface area contributed by atoms with Crippen LogP contribution in [0.25, 0.3) is 17.1 Å². The maximum absolute atomic E-state index is 16.1. The standard InChI is InChI=1S/C54H78FN2O3/c1-17-46(58)54(15,50(7,8)9)35-39(3)53(14,37-51(10,11)36-44(49(4,5)6)40-25-19-18-20-26-40)47(59)28-23-33-60-41-29-30-42(43(34-41)52(12,13)55)48-56(16)31-32-57(48)45-27-22-21-24-38(45)2/h18-22,24-27,29-32,34,39,44H,17,23,28,33,35-37H2,1-16H3/q+1. The van der Waals surface area contributed by atoms with Crippen LogP contribution in [0.3, 0.4) is 0 Å². The Morgan fingerprint density at radius 2 is 1.43 bits per heavy atom. The molecule has 0 N–H and O–H groups in total. The van der Waals surface area contributed by atoms with Gasteiger partial charge in [0.05, 0.1) is 19.2 Å². The number of para-hydroxylation sites is 1. The summed E-state index contributed by atoms with van der Waals surface area (Å²) in [5.74, 6) is 2.17. The van der Waals surface area contributed by atoms with E-state index in [4.69, 9.17) is 4.74 Å². The molecule has 60 heavy (non-hydrogen) atoms. The highest BCUT2D eigenvalue weighted by Gasteiger charge is 2.50. The van der Waals surface area contributed by atoms with E-state index in [1.165, 1.54) is 5.56 Å². The van der Waals surface area contributed by atoms with Crippen LogP contribution < -0.4 is 9.30 Å². The SMILES string of the molecule is CCC(=O)C(C)(CC(C)C(C)(CC(C)(C)CC(c1ccccc1)C(C)(C)C)C(=O)CCCOc1ccc(-c2n(-c3ccccc3C)cc[n+]2C)c(C(C)(C)F)c1)C(C)(C)C. The van der Waals surface area contributed by atoms with Crippen LogP contribution in [0.2, 0.25) is 0 Å². The summed E-state index contributed by atoms with van der Waals surface area (Å²) in [6.07, 6.45) is 7.64. The van der Waals surface area contributed by atoms with Crippen molar-refractivity contribution in [2.45, 2.75) is 154 Å². The molecule has 5 nitrogen and oxygen atoms in total. The predicted molar refractivity (Wildman–Crippen MR) is 247 cm³/mol. The van der Waals surface area contributed by atoms with E-state index in [2.05, 4.69) is 130 Å². The number of ether oxygens (including phenoxy) is 1. The number of carbonyl (C=O) groups is 2. The second kappa shape index (κ2) is 18.5. The normalized spacial score (nSPS) is 15.8. The third-order valence-corrected chi connectivity index (χ3v) is 13.9. The van der Waals surface area contributed by atoms with Gasteiger partial charge in [0.2, 0.25) is 0 Å². The summed E-state index contributed by atoms with van der Waals surface area (Å²) in [7, 11) is 1.98. The zero-order chi connectivity index (χ0) is 45.1. The fourth-order valence-corrected chi connectivity index (χ4v) is 9.68. The smallest absolute Gasteiger partial charge is 0.294 e. The highest BCUT2D eigenvalue weighted by molar-refractivity contribution is 5.86. The number of hydrogen-bond acceptors (Lipinski definition) is 3. The van der Waals surface area contributed by atoms with Crippen LogP contribution >= 0.6 is 0 Å². The molecule has 0 saturated carbocycles. The lowest BCUT2D eigenvalue weighted by atomic mass is 9.55. The summed E-state index contributed by atoms with van der Waals surface area (Å²) in [5.41, 5.74) is 1.49. The van der Waals surface area contributed by atoms with Crippen LogP contribution in [0.4, 0.5) is 4.39 Å². The van der Waals surface area contributed by atoms with Crippen molar-refractivity contribution >= 4 is 11.6 Å². The van der Waals surface area contributed by atoms with E-state index in [9.17, 15) is 9.59 Å². The van der Waals surface area contributed by atoms with Crippen molar-refractivity contribution in [1.29, 1.82) is 0 Å². The van der Waals surface area contributed by atoms with Crippen LogP contribution in [0.5, 0.6) is 5.75 Å². The summed E-state index contributed by atoms with van der Waals surface area (Å²) in [4.78, 5) is 28.6. The average molecular weight is 822 g/mol. The molecule has 1 aromatic heterocycles. The Labute approximate surface area is 363 Å². The molecule has 6 heteroatoms. The number of halogens is 1. The Balaban J connectivity index is 1.62. The molecule has 4 rings (SSSR count). The van der Waals surface area contributed by atoms with Gasteiger partial charge in [0.25, 0.3) is 5.82 Å². The Kier molecular flexibility index (Phi) is 15.0. The first kappa shape index (κ1) is 48.6. The molecule has 1 heterocycles. The third kappa shape index (κ3) is 11.1. The topological polar surface area (TPSA) is 52.2 Å². The van der Waals surface area contributed by atoms with Crippen molar-refractivity contribution in [3.63, 3.8) is 0 Å². The number of Topliss-reactive ketones (excluding diaryl/α,β-unsaturated/α-hetero) is 2. The number of nitrogens with zero attached hydrogens (tertiary/aromatic N) is 2. The maximum atomic E-state index is 16.1. The highest BCUT2D eigenvalue weighted by atomic mass is 19.1. The molecule has 328 valence electrons. The number of hydrogen-bond donors (Lipinski definition) is 0. The molecule has 4 atom stereocenters. The number of aromatic nitrogens is 2. The van der Waals surface area contributed by atoms with E-state index in [1.54, 1.807) is 13.8 Å². The number of imidazole rings is 1. The van der Waals surface area contributed by atoms with Crippen molar-refractivity contribution in [3.05, 3.63) is 102 Å². The highest BCUT2D eigenvalue weighted by Crippen LogP contribution is 2.54. The van der Waals surface area contributed by atoms with Gasteiger partial charge in [-0.05, 0) is 110 Å². The van der Waals surface area contributed by atoms with Crippen molar-refractivity contribution < 1.29 is 23.3 Å². The van der Waals surface area contributed by atoms with Gasteiger partial charge in [-0.1, -0.05) is 132 Å². The zero-order valence-electron chi connectivity index (χ0n) is 40.2. The Bertz CT molecular complexity index is 2080. The molecule has 4 unspecified atom stereocenters. The number of benzene rings is 3. The maximum Gasteiger partial charge on any atom is 0.294 e. The fraction of sp³-hybridized carbons (Fsp3) is 0.574. The molecule has 0 amide bonds. The van der Waals surface area contributed by atoms with Gasteiger partial charge in [0, 0.05) is 29.2 Å². The monoisotopic (exact) mass is 822 g/mol. The van der Waals surface area contributed by atoms with Crippen molar-refractivity contribution in [3.8, 4) is 22.8 Å². The van der Waals surface area contributed by atoms with Crippen LogP contribution in [-0.4, -0.2) is 22.7 Å². The van der Waals surface area contributed by atoms with E-state index in [0.29, 0.717) is 55.9 Å². The minimum absolute atomic E-state index is 0.0265. The van der Waals surface area contributed by atoms with E-state index in [0.717, 1.165) is 29.1 Å². The summed E-state index contributed by atoms with van der Waals surface area (Å²) in [5, 5.41) is 0. The molecule has 0 aliphatic heterocycles. The molecule has 0 fully saturated rings. The van der Waals surface area contributed by atoms with Crippen LogP contribution in [-0.2, 0) is 22.3 Å². The Hall–Kier alpha value is -4.06. The van der Waals surface area contributed by atoms with E-state index >= 15 is 4.39 Å². The molecular formula is C54H78FN2O3+. The number of carbonyl (C=O) groups excluding carboxylic acids is 2. The summed E-state index contributed by atoms with van der Waals surface area (Å²) in [6.45, 7) is 32.1. The number of ketones is 2. The van der Waals surface area contributed by atoms with E-state index in [-0.39, 0.29) is 33.7 Å². The number of alkyl halides is 1. The Morgan fingerprint density at radius 1 is 0.817 bits per heavy atom. The van der Waals surface area contributed by atoms with Gasteiger partial charge in [-0.3, -0.25) is 9.59 Å². The minimum atomic E-state index is -1.64. The molecule has 0 saturated heterocycles. The van der Waals surface area contributed by atoms with Crippen LogP contribution in [0.1, 0.15) is 158 Å². The minimum Gasteiger partial charge on any atom is -0.494 e. The van der Waals surface area contributed by atoms with Gasteiger partial charge in [-0.15, -0.1) is 0 Å². The summed E-state index contributed by atoms with van der Waals surface area (Å²) in [6, 6.07) is 24.6. The first-order valence-corrected chi connectivity index (χ1v) is 22.4. The summed E-state index contributed by atoms with van der Waals surface area (Å²) < 4.78 is 26.6. The molecule has 4 aromatic rings. The molecule has 0 aliphatic carbocycles. The second-order valence-corrected chi connectivity index (χ2v) is 21.7. The molecule has 0 spiro atoms. The molecule has 0 aliphatic rings. The first-order valence-electron chi connectivity index (χ1n) is 22.4. The van der Waals surface area contributed by atoms with Gasteiger partial charge in [-0.2, -0.15) is 4.57 Å². The van der Waals surface area contributed by atoms with Gasteiger partial charge in [0.15, 0.2) is 0 Å². The van der Waals surface area contributed by atoms with Crippen molar-refractivity contribution in [1.82, 2.24) is 4.57 Å². The van der Waals surface area contributed by atoms with Gasteiger partial charge in [0.1, 0.15) is 41.1 Å². The number of rotatable bonds is 19. The quantitative estimate of drug-likeness (QED) is 0.0699. The fourth-order valence-electron chi connectivity index (χ4n) is 9.68. The lowest BCUT2D eigenvalue weighted by molar-refractivity contribution is -0.659. The first-order chi connectivity index (χ1) is 27.7. The largest absolute Gasteiger partial charge is 0.494 e. The average Bonchev–Trinajstić information content (AvgIpc) is 3.54. The summed E-state index contributed by atoms with van der Waals surface area (Å²) >= 11 is 0. The van der Waals surface area contributed by atoms with Crippen molar-refractivity contribution in [2.24, 2.45) is 40.0 Å². The van der Waals surface area contributed by atoms with Crippen LogP contribution in [0.15, 0.2) is 85.2 Å². The van der Waals surface area contributed by atoms with Gasteiger partial charge >= 0.3 is 0 Å². The third-order valence-electron chi connectivity index (χ3n) is 13.9. The lowest BCUT2D eigenvalue weighted by Crippen LogP contribution is -2.46. The molecule has 0 bridgehead atoms. The predicted octanol–water partition coefficient (Wildman–Crippen LogP) is 13.9. The van der Waals surface area contributed by atoms with Gasteiger partial charge in [-0.25, -0.2) is 8.96 Å². The van der Waals surface area contributed by atoms with E-state index < -0.39 is 16.5 Å².